The second-order valence-electron chi connectivity index (χ2n) is 14.1. The van der Waals surface area contributed by atoms with Crippen LogP contribution < -0.4 is 0 Å². The fraction of sp³-hybridized carbons (Fsp3) is 0. The Hall–Kier alpha value is -7.63. The standard InChI is InChI=1S/C51H32N4O/c1-4-13-33(14-5-1)36-19-12-20-38(29-36)50-52-49(35-17-8-3-9-18-35)53-51(54-50)39-23-26-42-44-32-40(25-28-47(44)56-48(42)31-39)55-45-22-11-10-21-41(45)43-30-37(24-27-46(43)55)34-15-6-2-7-16-34/h1-32H. The molecule has 0 aliphatic carbocycles. The van der Waals surface area contributed by atoms with Crippen LogP contribution in [0.1, 0.15) is 0 Å². The molecule has 0 unspecified atom stereocenters. The van der Waals surface area contributed by atoms with Crippen LogP contribution in [0.2, 0.25) is 0 Å². The molecule has 0 spiro atoms. The number of nitrogens with zero attached hydrogens (tertiary/aromatic N) is 4. The van der Waals surface area contributed by atoms with Crippen molar-refractivity contribution in [1.29, 1.82) is 0 Å². The third-order valence-electron chi connectivity index (χ3n) is 10.6. The molecule has 3 heterocycles. The first-order valence-electron chi connectivity index (χ1n) is 18.8. The lowest BCUT2D eigenvalue weighted by atomic mass is 10.0. The SMILES string of the molecule is c1ccc(-c2cccc(-c3nc(-c4ccccc4)nc(-c4ccc5c(c4)oc4ccc(-n6c7ccccc7c7cc(-c8ccccc8)ccc76)cc45)n3)c2)cc1. The molecule has 0 bridgehead atoms. The molecule has 0 saturated carbocycles. The number of hydrogen-bond donors (Lipinski definition) is 0. The van der Waals surface area contributed by atoms with Crippen molar-refractivity contribution < 1.29 is 4.42 Å². The third kappa shape index (κ3) is 5.45. The highest BCUT2D eigenvalue weighted by molar-refractivity contribution is 6.11. The third-order valence-corrected chi connectivity index (χ3v) is 10.6. The highest BCUT2D eigenvalue weighted by Crippen LogP contribution is 2.38. The Morgan fingerprint density at radius 1 is 0.304 bits per heavy atom. The van der Waals surface area contributed by atoms with Gasteiger partial charge in [0.15, 0.2) is 17.5 Å². The monoisotopic (exact) mass is 716 g/mol. The molecule has 0 N–H and O–H groups in total. The molecule has 5 nitrogen and oxygen atoms in total. The van der Waals surface area contributed by atoms with Gasteiger partial charge < -0.3 is 8.98 Å². The van der Waals surface area contributed by atoms with Crippen molar-refractivity contribution in [2.75, 3.05) is 0 Å². The van der Waals surface area contributed by atoms with E-state index in [2.05, 4.69) is 162 Å². The van der Waals surface area contributed by atoms with E-state index in [0.717, 1.165) is 66.5 Å². The molecule has 0 atom stereocenters. The molecule has 0 amide bonds. The van der Waals surface area contributed by atoms with Gasteiger partial charge in [0.2, 0.25) is 0 Å². The molecule has 11 aromatic rings. The molecule has 0 saturated heterocycles. The maximum Gasteiger partial charge on any atom is 0.164 e. The number of para-hydroxylation sites is 1. The molecule has 0 fully saturated rings. The number of aromatic nitrogens is 4. The van der Waals surface area contributed by atoms with Crippen LogP contribution in [0.4, 0.5) is 0 Å². The Labute approximate surface area is 322 Å². The zero-order chi connectivity index (χ0) is 37.0. The summed E-state index contributed by atoms with van der Waals surface area (Å²) in [4.78, 5) is 15.0. The van der Waals surface area contributed by atoms with Crippen molar-refractivity contribution >= 4 is 43.7 Å². The minimum Gasteiger partial charge on any atom is -0.456 e. The number of furan rings is 1. The molecule has 262 valence electrons. The summed E-state index contributed by atoms with van der Waals surface area (Å²) in [7, 11) is 0. The largest absolute Gasteiger partial charge is 0.456 e. The van der Waals surface area contributed by atoms with Gasteiger partial charge in [0.1, 0.15) is 11.2 Å². The Morgan fingerprint density at radius 3 is 1.59 bits per heavy atom. The fourth-order valence-corrected chi connectivity index (χ4v) is 7.92. The average Bonchev–Trinajstić information content (AvgIpc) is 3.81. The van der Waals surface area contributed by atoms with E-state index in [1.807, 2.05) is 36.4 Å². The van der Waals surface area contributed by atoms with Gasteiger partial charge in [-0.1, -0.05) is 140 Å². The zero-order valence-corrected chi connectivity index (χ0v) is 30.2. The number of fused-ring (bicyclic) bond motifs is 6. The minimum absolute atomic E-state index is 0.585. The molecule has 56 heavy (non-hydrogen) atoms. The van der Waals surface area contributed by atoms with Crippen LogP contribution in [0.15, 0.2) is 199 Å². The van der Waals surface area contributed by atoms with Gasteiger partial charge in [0, 0.05) is 43.9 Å². The fourth-order valence-electron chi connectivity index (χ4n) is 7.92. The number of benzene rings is 8. The van der Waals surface area contributed by atoms with Gasteiger partial charge in [-0.25, -0.2) is 15.0 Å². The van der Waals surface area contributed by atoms with Gasteiger partial charge in [0.25, 0.3) is 0 Å². The van der Waals surface area contributed by atoms with Crippen LogP contribution in [-0.4, -0.2) is 19.5 Å². The van der Waals surface area contributed by atoms with Gasteiger partial charge in [0.05, 0.1) is 11.0 Å². The highest BCUT2D eigenvalue weighted by atomic mass is 16.3. The predicted octanol–water partition coefficient (Wildman–Crippen LogP) is 13.2. The summed E-state index contributed by atoms with van der Waals surface area (Å²) in [5, 5.41) is 4.53. The Morgan fingerprint density at radius 2 is 0.857 bits per heavy atom. The number of rotatable bonds is 6. The second-order valence-corrected chi connectivity index (χ2v) is 14.1. The van der Waals surface area contributed by atoms with Gasteiger partial charge >= 0.3 is 0 Å². The van der Waals surface area contributed by atoms with E-state index >= 15 is 0 Å². The summed E-state index contributed by atoms with van der Waals surface area (Å²) in [5.41, 5.74) is 12.4. The van der Waals surface area contributed by atoms with Crippen molar-refractivity contribution in [2.45, 2.75) is 0 Å². The second kappa shape index (κ2) is 13.0. The molecule has 0 aliphatic heterocycles. The van der Waals surface area contributed by atoms with Crippen LogP contribution in [0.25, 0.3) is 106 Å². The molecule has 0 aliphatic rings. The van der Waals surface area contributed by atoms with E-state index in [-0.39, 0.29) is 0 Å². The van der Waals surface area contributed by atoms with Crippen molar-refractivity contribution in [3.05, 3.63) is 194 Å². The average molecular weight is 717 g/mol. The summed E-state index contributed by atoms with van der Waals surface area (Å²) >= 11 is 0. The van der Waals surface area contributed by atoms with E-state index in [0.29, 0.717) is 17.5 Å². The molecule has 3 aromatic heterocycles. The lowest BCUT2D eigenvalue weighted by molar-refractivity contribution is 0.669. The summed E-state index contributed by atoms with van der Waals surface area (Å²) in [5.74, 6) is 1.82. The van der Waals surface area contributed by atoms with Crippen LogP contribution in [-0.2, 0) is 0 Å². The Bertz CT molecular complexity index is 3240. The lowest BCUT2D eigenvalue weighted by Gasteiger charge is -2.10. The van der Waals surface area contributed by atoms with Gasteiger partial charge in [-0.2, -0.15) is 0 Å². The quantitative estimate of drug-likeness (QED) is 0.172. The van der Waals surface area contributed by atoms with Crippen LogP contribution >= 0.6 is 0 Å². The molecular weight excluding hydrogens is 685 g/mol. The van der Waals surface area contributed by atoms with E-state index in [4.69, 9.17) is 19.4 Å². The van der Waals surface area contributed by atoms with Gasteiger partial charge in [-0.15, -0.1) is 0 Å². The first-order chi connectivity index (χ1) is 27.7. The number of hydrogen-bond acceptors (Lipinski definition) is 4. The minimum atomic E-state index is 0.585. The predicted molar refractivity (Wildman–Crippen MR) is 229 cm³/mol. The summed E-state index contributed by atoms with van der Waals surface area (Å²) in [6.07, 6.45) is 0. The summed E-state index contributed by atoms with van der Waals surface area (Å²) in [6.45, 7) is 0. The summed E-state index contributed by atoms with van der Waals surface area (Å²) in [6, 6.07) is 67.5. The van der Waals surface area contributed by atoms with Crippen molar-refractivity contribution in [1.82, 2.24) is 19.5 Å². The molecular formula is C51H32N4O. The van der Waals surface area contributed by atoms with Gasteiger partial charge in [-0.3, -0.25) is 0 Å². The topological polar surface area (TPSA) is 56.7 Å². The lowest BCUT2D eigenvalue weighted by Crippen LogP contribution is -2.00. The molecule has 11 rings (SSSR count). The van der Waals surface area contributed by atoms with E-state index in [1.165, 1.54) is 21.9 Å². The first-order valence-corrected chi connectivity index (χ1v) is 18.8. The zero-order valence-electron chi connectivity index (χ0n) is 30.2. The maximum atomic E-state index is 6.54. The smallest absolute Gasteiger partial charge is 0.164 e. The first kappa shape index (κ1) is 31.9. The van der Waals surface area contributed by atoms with Crippen LogP contribution in [0.5, 0.6) is 0 Å². The molecule has 5 heteroatoms. The Kier molecular flexibility index (Phi) is 7.42. The molecule has 0 radical (unpaired) electrons. The normalized spacial score (nSPS) is 11.6. The highest BCUT2D eigenvalue weighted by Gasteiger charge is 2.18. The maximum absolute atomic E-state index is 6.54. The summed E-state index contributed by atoms with van der Waals surface area (Å²) < 4.78 is 8.90. The van der Waals surface area contributed by atoms with Crippen LogP contribution in [0.3, 0.4) is 0 Å². The van der Waals surface area contributed by atoms with E-state index < -0.39 is 0 Å². The van der Waals surface area contributed by atoms with E-state index in [1.54, 1.807) is 0 Å². The van der Waals surface area contributed by atoms with E-state index in [9.17, 15) is 0 Å². The van der Waals surface area contributed by atoms with Crippen molar-refractivity contribution in [3.63, 3.8) is 0 Å². The van der Waals surface area contributed by atoms with Gasteiger partial charge in [-0.05, 0) is 76.9 Å². The van der Waals surface area contributed by atoms with Crippen LogP contribution in [0, 0.1) is 0 Å². The van der Waals surface area contributed by atoms with Crippen molar-refractivity contribution in [3.8, 4) is 62.1 Å². The van der Waals surface area contributed by atoms with Crippen molar-refractivity contribution in [2.24, 2.45) is 0 Å². The molecule has 8 aromatic carbocycles. The Balaban J connectivity index is 1.03.